The number of aromatic nitrogens is 2. The molecular weight excluding hydrogens is 368 g/mol. The first-order valence-corrected chi connectivity index (χ1v) is 11.1. The SMILES string of the molecule is Cc1ccc(Sc2ccc(N3CCC[C@H](C(=O)NC4CCCC4)C3)nn2)cc1. The second-order valence-electron chi connectivity index (χ2n) is 7.92. The van der Waals surface area contributed by atoms with Crippen molar-refractivity contribution in [3.8, 4) is 0 Å². The number of piperidine rings is 1. The maximum absolute atomic E-state index is 12.6. The molecule has 0 spiro atoms. The lowest BCUT2D eigenvalue weighted by atomic mass is 9.96. The van der Waals surface area contributed by atoms with E-state index in [1.807, 2.05) is 12.1 Å². The van der Waals surface area contributed by atoms with Crippen molar-refractivity contribution in [2.45, 2.75) is 61.4 Å². The topological polar surface area (TPSA) is 58.1 Å². The summed E-state index contributed by atoms with van der Waals surface area (Å²) in [6.45, 7) is 3.76. The summed E-state index contributed by atoms with van der Waals surface area (Å²) in [5.41, 5.74) is 1.25. The summed E-state index contributed by atoms with van der Waals surface area (Å²) in [5.74, 6) is 1.14. The van der Waals surface area contributed by atoms with Crippen molar-refractivity contribution >= 4 is 23.5 Å². The van der Waals surface area contributed by atoms with Crippen LogP contribution in [0.4, 0.5) is 5.82 Å². The Morgan fingerprint density at radius 2 is 1.82 bits per heavy atom. The van der Waals surface area contributed by atoms with Gasteiger partial charge in [0, 0.05) is 24.0 Å². The number of carbonyl (C=O) groups is 1. The average molecular weight is 397 g/mol. The maximum atomic E-state index is 12.6. The second-order valence-corrected chi connectivity index (χ2v) is 9.01. The van der Waals surface area contributed by atoms with Crippen LogP contribution < -0.4 is 10.2 Å². The van der Waals surface area contributed by atoms with Crippen LogP contribution in [0.5, 0.6) is 0 Å². The van der Waals surface area contributed by atoms with Crippen molar-refractivity contribution in [1.29, 1.82) is 0 Å². The zero-order valence-electron chi connectivity index (χ0n) is 16.4. The fourth-order valence-corrected chi connectivity index (χ4v) is 4.78. The zero-order chi connectivity index (χ0) is 19.3. The van der Waals surface area contributed by atoms with Gasteiger partial charge in [-0.05, 0) is 56.9 Å². The molecule has 1 aliphatic carbocycles. The van der Waals surface area contributed by atoms with Gasteiger partial charge >= 0.3 is 0 Å². The monoisotopic (exact) mass is 396 g/mol. The number of amides is 1. The number of aryl methyl sites for hydroxylation is 1. The Morgan fingerprint density at radius 3 is 2.54 bits per heavy atom. The van der Waals surface area contributed by atoms with E-state index in [2.05, 4.69) is 51.6 Å². The molecule has 2 fully saturated rings. The molecule has 148 valence electrons. The molecular formula is C22H28N4OS. The molecule has 4 rings (SSSR count). The Kier molecular flexibility index (Phi) is 6.15. The number of nitrogens with zero attached hydrogens (tertiary/aromatic N) is 3. The highest BCUT2D eigenvalue weighted by molar-refractivity contribution is 7.99. The quantitative estimate of drug-likeness (QED) is 0.820. The van der Waals surface area contributed by atoms with Gasteiger partial charge in [-0.2, -0.15) is 0 Å². The van der Waals surface area contributed by atoms with E-state index in [4.69, 9.17) is 0 Å². The lowest BCUT2D eigenvalue weighted by Gasteiger charge is -2.33. The summed E-state index contributed by atoms with van der Waals surface area (Å²) in [6, 6.07) is 12.9. The van der Waals surface area contributed by atoms with Crippen LogP contribution in [-0.4, -0.2) is 35.2 Å². The molecule has 1 aromatic carbocycles. The molecule has 5 nitrogen and oxygen atoms in total. The Labute approximate surface area is 171 Å². The summed E-state index contributed by atoms with van der Waals surface area (Å²) >= 11 is 1.62. The molecule has 1 aromatic heterocycles. The molecule has 0 bridgehead atoms. The minimum Gasteiger partial charge on any atom is -0.354 e. The third-order valence-corrected chi connectivity index (χ3v) is 6.62. The van der Waals surface area contributed by atoms with Gasteiger partial charge in [-0.3, -0.25) is 4.79 Å². The molecule has 0 radical (unpaired) electrons. The molecule has 1 atom stereocenters. The zero-order valence-corrected chi connectivity index (χ0v) is 17.3. The van der Waals surface area contributed by atoms with E-state index in [1.54, 1.807) is 11.8 Å². The normalized spacial score (nSPS) is 20.3. The maximum Gasteiger partial charge on any atom is 0.225 e. The summed E-state index contributed by atoms with van der Waals surface area (Å²) in [4.78, 5) is 16.0. The van der Waals surface area contributed by atoms with Crippen molar-refractivity contribution in [1.82, 2.24) is 15.5 Å². The summed E-state index contributed by atoms with van der Waals surface area (Å²) in [6.07, 6.45) is 6.73. The first kappa shape index (κ1) is 19.2. The molecule has 28 heavy (non-hydrogen) atoms. The van der Waals surface area contributed by atoms with Crippen LogP contribution in [0.1, 0.15) is 44.1 Å². The first-order chi connectivity index (χ1) is 13.7. The number of carbonyl (C=O) groups excluding carboxylic acids is 1. The van der Waals surface area contributed by atoms with Crippen LogP contribution in [0.2, 0.25) is 0 Å². The van der Waals surface area contributed by atoms with Gasteiger partial charge < -0.3 is 10.2 Å². The highest BCUT2D eigenvalue weighted by Crippen LogP contribution is 2.28. The molecule has 1 saturated heterocycles. The van der Waals surface area contributed by atoms with Gasteiger partial charge in [0.15, 0.2) is 5.82 Å². The Morgan fingerprint density at radius 1 is 1.04 bits per heavy atom. The Bertz CT molecular complexity index is 787. The van der Waals surface area contributed by atoms with Crippen LogP contribution in [0.15, 0.2) is 46.3 Å². The van der Waals surface area contributed by atoms with Crippen molar-refractivity contribution in [3.05, 3.63) is 42.0 Å². The minimum atomic E-state index is 0.0535. The predicted octanol–water partition coefficient (Wildman–Crippen LogP) is 4.21. The fourth-order valence-electron chi connectivity index (χ4n) is 4.05. The summed E-state index contributed by atoms with van der Waals surface area (Å²) in [7, 11) is 0. The second kappa shape index (κ2) is 8.95. The lowest BCUT2D eigenvalue weighted by Crippen LogP contribution is -2.45. The Balaban J connectivity index is 1.35. The molecule has 2 aromatic rings. The summed E-state index contributed by atoms with van der Waals surface area (Å²) < 4.78 is 0. The Hall–Kier alpha value is -2.08. The van der Waals surface area contributed by atoms with Crippen molar-refractivity contribution in [3.63, 3.8) is 0 Å². The number of hydrogen-bond donors (Lipinski definition) is 1. The van der Waals surface area contributed by atoms with E-state index in [1.165, 1.54) is 18.4 Å². The number of benzene rings is 1. The largest absolute Gasteiger partial charge is 0.354 e. The molecule has 2 aliphatic rings. The smallest absolute Gasteiger partial charge is 0.225 e. The van der Waals surface area contributed by atoms with Crippen LogP contribution in [0, 0.1) is 12.8 Å². The van der Waals surface area contributed by atoms with E-state index < -0.39 is 0 Å². The van der Waals surface area contributed by atoms with Gasteiger partial charge in [-0.1, -0.05) is 42.3 Å². The molecule has 6 heteroatoms. The number of anilines is 1. The van der Waals surface area contributed by atoms with Gasteiger partial charge in [0.2, 0.25) is 5.91 Å². The van der Waals surface area contributed by atoms with Crippen molar-refractivity contribution < 1.29 is 4.79 Å². The van der Waals surface area contributed by atoms with Gasteiger partial charge in [-0.15, -0.1) is 10.2 Å². The molecule has 1 aliphatic heterocycles. The molecule has 1 amide bonds. The summed E-state index contributed by atoms with van der Waals surface area (Å²) in [5, 5.41) is 13.0. The molecule has 2 heterocycles. The molecule has 0 unspecified atom stereocenters. The number of hydrogen-bond acceptors (Lipinski definition) is 5. The molecule has 1 N–H and O–H groups in total. The van der Waals surface area contributed by atoms with Crippen molar-refractivity contribution in [2.75, 3.05) is 18.0 Å². The van der Waals surface area contributed by atoms with Crippen LogP contribution in [0.25, 0.3) is 0 Å². The van der Waals surface area contributed by atoms with Crippen LogP contribution in [0.3, 0.4) is 0 Å². The van der Waals surface area contributed by atoms with Crippen molar-refractivity contribution in [2.24, 2.45) is 5.92 Å². The average Bonchev–Trinajstić information content (AvgIpc) is 3.23. The minimum absolute atomic E-state index is 0.0535. The van der Waals surface area contributed by atoms with E-state index in [0.29, 0.717) is 6.04 Å². The predicted molar refractivity (Wildman–Crippen MR) is 113 cm³/mol. The molecule has 1 saturated carbocycles. The van der Waals surface area contributed by atoms with E-state index in [9.17, 15) is 4.79 Å². The van der Waals surface area contributed by atoms with Gasteiger partial charge in [0.1, 0.15) is 5.03 Å². The van der Waals surface area contributed by atoms with E-state index in [0.717, 1.165) is 54.5 Å². The van der Waals surface area contributed by atoms with Gasteiger partial charge in [0.05, 0.1) is 5.92 Å². The number of rotatable bonds is 5. The highest BCUT2D eigenvalue weighted by Gasteiger charge is 2.28. The van der Waals surface area contributed by atoms with Gasteiger partial charge in [0.25, 0.3) is 0 Å². The first-order valence-electron chi connectivity index (χ1n) is 10.3. The standard InChI is InChI=1S/C22H28N4OS/c1-16-8-10-19(11-9-16)28-21-13-12-20(24-25-21)26-14-4-5-17(15-26)22(27)23-18-6-2-3-7-18/h8-13,17-18H,2-7,14-15H2,1H3,(H,23,27)/t17-/m0/s1. The highest BCUT2D eigenvalue weighted by atomic mass is 32.2. The van der Waals surface area contributed by atoms with E-state index >= 15 is 0 Å². The van der Waals surface area contributed by atoms with Gasteiger partial charge in [-0.25, -0.2) is 0 Å². The van der Waals surface area contributed by atoms with Crippen LogP contribution >= 0.6 is 11.8 Å². The lowest BCUT2D eigenvalue weighted by molar-refractivity contribution is -0.125. The van der Waals surface area contributed by atoms with E-state index in [-0.39, 0.29) is 11.8 Å². The fraction of sp³-hybridized carbons (Fsp3) is 0.500. The number of nitrogens with one attached hydrogen (secondary N) is 1. The third kappa shape index (κ3) is 4.85. The third-order valence-electron chi connectivity index (χ3n) is 5.69. The van der Waals surface area contributed by atoms with Crippen LogP contribution in [-0.2, 0) is 4.79 Å².